The van der Waals surface area contributed by atoms with E-state index in [0.717, 1.165) is 30.1 Å². The number of carbonyl (C=O) groups is 1. The third-order valence-corrected chi connectivity index (χ3v) is 5.17. The third-order valence-electron chi connectivity index (χ3n) is 5.17. The average molecular weight is 456 g/mol. The van der Waals surface area contributed by atoms with Crippen LogP contribution in [-0.2, 0) is 0 Å². The van der Waals surface area contributed by atoms with Crippen LogP contribution in [0.4, 0.5) is 17.6 Å². The van der Waals surface area contributed by atoms with Crippen LogP contribution in [0.1, 0.15) is 54.4 Å². The smallest absolute Gasteiger partial charge is 0.392 e. The molecule has 3 atom stereocenters. The predicted octanol–water partition coefficient (Wildman–Crippen LogP) is 3.71. The minimum absolute atomic E-state index is 0.0255. The van der Waals surface area contributed by atoms with Crippen molar-refractivity contribution in [1.29, 1.82) is 0 Å². The molecule has 7 nitrogen and oxygen atoms in total. The Labute approximate surface area is 182 Å². The Hall–Kier alpha value is -2.95. The van der Waals surface area contributed by atoms with Gasteiger partial charge in [-0.25, -0.2) is 4.39 Å². The summed E-state index contributed by atoms with van der Waals surface area (Å²) in [5.74, 6) is -2.39. The maximum absolute atomic E-state index is 13.9. The van der Waals surface area contributed by atoms with Crippen LogP contribution in [0.15, 0.2) is 40.3 Å². The summed E-state index contributed by atoms with van der Waals surface area (Å²) in [6.45, 7) is 6.44. The highest BCUT2D eigenvalue weighted by Gasteiger charge is 2.54. The number of β-amino-alcohol motifs (C(OH)–C–C–N with tert-alkyl or cyclic N) is 1. The lowest BCUT2D eigenvalue weighted by Crippen LogP contribution is -2.46. The summed E-state index contributed by atoms with van der Waals surface area (Å²) in [5, 5.41) is 20.7. The minimum Gasteiger partial charge on any atom is -0.392 e. The van der Waals surface area contributed by atoms with E-state index in [1.165, 1.54) is 13.0 Å². The number of nitrogens with zero attached hydrogens (tertiary/aromatic N) is 3. The number of amides is 1. The lowest BCUT2D eigenvalue weighted by Gasteiger charge is -2.29. The first-order valence-corrected chi connectivity index (χ1v) is 10.0. The molecule has 0 aromatic carbocycles. The standard InChI is InChI=1S/C21H24F4N4O3/c1-11(5-4-8-22)13(3)17-16(20(31)27-14-6-7-14)18(32-28-17)15-9-26-29(10-12(2)30)19(15)21(23,24)25/h4-5,8-9,12,14-15,19,30H,3,6-7,10H2,1-2H3,(H,27,31)/b8-4-,11-5-/t12-,15?,19?/m1/s1. The molecule has 32 heavy (non-hydrogen) atoms. The fourth-order valence-electron chi connectivity index (χ4n) is 3.42. The van der Waals surface area contributed by atoms with Crippen LogP contribution in [0, 0.1) is 0 Å². The van der Waals surface area contributed by atoms with Crippen molar-refractivity contribution in [2.45, 2.75) is 57.0 Å². The van der Waals surface area contributed by atoms with Gasteiger partial charge in [0.15, 0.2) is 11.8 Å². The number of hydrogen-bond donors (Lipinski definition) is 2. The number of hydrogen-bond acceptors (Lipinski definition) is 6. The normalized spacial score (nSPS) is 22.6. The molecule has 1 fully saturated rings. The van der Waals surface area contributed by atoms with Crippen molar-refractivity contribution >= 4 is 17.7 Å². The number of carbonyl (C=O) groups excluding carboxylic acids is 1. The monoisotopic (exact) mass is 456 g/mol. The largest absolute Gasteiger partial charge is 0.411 e. The van der Waals surface area contributed by atoms with Crippen molar-refractivity contribution in [1.82, 2.24) is 15.5 Å². The molecule has 174 valence electrons. The maximum atomic E-state index is 13.9. The van der Waals surface area contributed by atoms with Gasteiger partial charge in [0.25, 0.3) is 5.91 Å². The van der Waals surface area contributed by atoms with E-state index < -0.39 is 30.1 Å². The molecular formula is C21H24F4N4O3. The molecule has 1 aromatic rings. The van der Waals surface area contributed by atoms with Gasteiger partial charge < -0.3 is 14.9 Å². The molecule has 11 heteroatoms. The lowest BCUT2D eigenvalue weighted by molar-refractivity contribution is -0.185. The van der Waals surface area contributed by atoms with Gasteiger partial charge in [-0.2, -0.15) is 18.3 Å². The maximum Gasteiger partial charge on any atom is 0.411 e. The lowest BCUT2D eigenvalue weighted by atomic mass is 9.92. The molecule has 2 aliphatic rings. The zero-order chi connectivity index (χ0) is 23.6. The number of nitrogens with one attached hydrogen (secondary N) is 1. The van der Waals surface area contributed by atoms with Crippen molar-refractivity contribution in [2.75, 3.05) is 6.54 Å². The van der Waals surface area contributed by atoms with Crippen LogP contribution in [0.3, 0.4) is 0 Å². The Morgan fingerprint density at radius 3 is 2.72 bits per heavy atom. The molecule has 0 bridgehead atoms. The van der Waals surface area contributed by atoms with Gasteiger partial charge in [0.05, 0.1) is 24.9 Å². The Morgan fingerprint density at radius 1 is 1.47 bits per heavy atom. The van der Waals surface area contributed by atoms with Gasteiger partial charge in [0.2, 0.25) is 0 Å². The first-order valence-electron chi connectivity index (χ1n) is 10.0. The molecule has 0 radical (unpaired) electrons. The van der Waals surface area contributed by atoms with Crippen LogP contribution in [0.25, 0.3) is 5.57 Å². The Kier molecular flexibility index (Phi) is 6.87. The van der Waals surface area contributed by atoms with Gasteiger partial charge in [-0.3, -0.25) is 9.80 Å². The molecule has 2 heterocycles. The number of halogens is 4. The zero-order valence-corrected chi connectivity index (χ0v) is 17.6. The molecule has 3 rings (SSSR count). The summed E-state index contributed by atoms with van der Waals surface area (Å²) < 4.78 is 59.5. The van der Waals surface area contributed by atoms with Crippen molar-refractivity contribution in [2.24, 2.45) is 5.10 Å². The number of alkyl halides is 3. The molecule has 1 aliphatic heterocycles. The fourth-order valence-corrected chi connectivity index (χ4v) is 3.42. The average Bonchev–Trinajstić information content (AvgIpc) is 3.24. The van der Waals surface area contributed by atoms with E-state index in [4.69, 9.17) is 4.52 Å². The molecule has 1 aliphatic carbocycles. The van der Waals surface area contributed by atoms with Crippen LogP contribution >= 0.6 is 0 Å². The van der Waals surface area contributed by atoms with E-state index in [0.29, 0.717) is 11.9 Å². The highest BCUT2D eigenvalue weighted by atomic mass is 19.4. The summed E-state index contributed by atoms with van der Waals surface area (Å²) in [4.78, 5) is 13.0. The number of hydrazone groups is 1. The number of allylic oxidation sites excluding steroid dienone is 4. The SMILES string of the molecule is C=C(/C(C)=C\C=C/F)c1noc(C2C=NN(C[C@@H](C)O)C2C(F)(F)F)c1C(=O)NC1CC1. The molecule has 1 aromatic heterocycles. The summed E-state index contributed by atoms with van der Waals surface area (Å²) in [6, 6.07) is -2.22. The summed E-state index contributed by atoms with van der Waals surface area (Å²) in [5.41, 5.74) is 0.465. The fraction of sp³-hybridized carbons (Fsp3) is 0.476. The van der Waals surface area contributed by atoms with Gasteiger partial charge in [0, 0.05) is 17.8 Å². The van der Waals surface area contributed by atoms with Crippen LogP contribution in [-0.4, -0.2) is 58.3 Å². The van der Waals surface area contributed by atoms with E-state index in [2.05, 4.69) is 22.2 Å². The predicted molar refractivity (Wildman–Crippen MR) is 109 cm³/mol. The van der Waals surface area contributed by atoms with Crippen LogP contribution < -0.4 is 5.32 Å². The molecule has 1 saturated carbocycles. The highest BCUT2D eigenvalue weighted by Crippen LogP contribution is 2.41. The highest BCUT2D eigenvalue weighted by molar-refractivity contribution is 6.02. The molecule has 0 saturated heterocycles. The molecular weight excluding hydrogens is 432 g/mol. The first kappa shape index (κ1) is 23.7. The second-order valence-corrected chi connectivity index (χ2v) is 7.91. The van der Waals surface area contributed by atoms with E-state index in [9.17, 15) is 27.5 Å². The molecule has 1 amide bonds. The van der Waals surface area contributed by atoms with Gasteiger partial charge in [-0.15, -0.1) is 0 Å². The van der Waals surface area contributed by atoms with Crippen LogP contribution in [0.5, 0.6) is 0 Å². The topological polar surface area (TPSA) is 91.0 Å². The second-order valence-electron chi connectivity index (χ2n) is 7.91. The van der Waals surface area contributed by atoms with Gasteiger partial charge in [-0.1, -0.05) is 17.8 Å². The van der Waals surface area contributed by atoms with Crippen molar-refractivity contribution in [3.05, 3.63) is 47.7 Å². The van der Waals surface area contributed by atoms with Gasteiger partial charge in [0.1, 0.15) is 11.3 Å². The first-order chi connectivity index (χ1) is 15.0. The van der Waals surface area contributed by atoms with E-state index in [1.54, 1.807) is 6.92 Å². The summed E-state index contributed by atoms with van der Waals surface area (Å²) in [7, 11) is 0. The molecule has 2 unspecified atom stereocenters. The molecule has 2 N–H and O–H groups in total. The van der Waals surface area contributed by atoms with Crippen molar-refractivity contribution in [3.63, 3.8) is 0 Å². The third kappa shape index (κ3) is 5.09. The Balaban J connectivity index is 2.05. The second kappa shape index (κ2) is 9.27. The zero-order valence-electron chi connectivity index (χ0n) is 17.6. The number of aliphatic hydroxyl groups is 1. The summed E-state index contributed by atoms with van der Waals surface area (Å²) in [6.07, 6.45) is -0.410. The number of rotatable bonds is 8. The Bertz CT molecular complexity index is 961. The van der Waals surface area contributed by atoms with Gasteiger partial charge >= 0.3 is 6.18 Å². The van der Waals surface area contributed by atoms with Gasteiger partial charge in [-0.05, 0) is 38.3 Å². The van der Waals surface area contributed by atoms with E-state index in [1.807, 2.05) is 0 Å². The van der Waals surface area contributed by atoms with Crippen molar-refractivity contribution in [3.8, 4) is 0 Å². The van der Waals surface area contributed by atoms with E-state index >= 15 is 0 Å². The number of aromatic nitrogens is 1. The number of aliphatic hydroxyl groups excluding tert-OH is 1. The van der Waals surface area contributed by atoms with E-state index in [-0.39, 0.29) is 35.2 Å². The minimum atomic E-state index is -4.73. The Morgan fingerprint density at radius 2 is 2.16 bits per heavy atom. The quantitative estimate of drug-likeness (QED) is 0.460. The van der Waals surface area contributed by atoms with Crippen LogP contribution in [0.2, 0.25) is 0 Å². The molecule has 0 spiro atoms. The summed E-state index contributed by atoms with van der Waals surface area (Å²) >= 11 is 0. The van der Waals surface area contributed by atoms with Crippen molar-refractivity contribution < 1.29 is 32.0 Å².